The van der Waals surface area contributed by atoms with Gasteiger partial charge in [-0.05, 0) is 54.8 Å². The summed E-state index contributed by atoms with van der Waals surface area (Å²) in [6.07, 6.45) is 0. The van der Waals surface area contributed by atoms with E-state index in [1.807, 2.05) is 24.3 Å². The van der Waals surface area contributed by atoms with Gasteiger partial charge in [0, 0.05) is 21.7 Å². The van der Waals surface area contributed by atoms with Crippen LogP contribution in [0.15, 0.2) is 40.9 Å². The molecular weight excluding hydrogens is 310 g/mol. The van der Waals surface area contributed by atoms with E-state index in [1.165, 1.54) is 21.2 Å². The Hall–Kier alpha value is -0.990. The van der Waals surface area contributed by atoms with Crippen molar-refractivity contribution in [2.45, 2.75) is 20.4 Å². The van der Waals surface area contributed by atoms with Crippen LogP contribution < -0.4 is 5.32 Å². The normalized spacial score (nSPS) is 10.4. The molecule has 2 aromatic carbocycles. The first-order chi connectivity index (χ1) is 8.56. The summed E-state index contributed by atoms with van der Waals surface area (Å²) in [5.41, 5.74) is 4.85. The molecule has 3 heteroatoms. The lowest BCUT2D eigenvalue weighted by Gasteiger charge is -2.10. The van der Waals surface area contributed by atoms with E-state index in [0.717, 1.165) is 17.3 Å². The van der Waals surface area contributed by atoms with Crippen LogP contribution in [0, 0.1) is 13.8 Å². The summed E-state index contributed by atoms with van der Waals surface area (Å²) in [6, 6.07) is 12.2. The predicted molar refractivity (Wildman–Crippen MR) is 82.4 cm³/mol. The van der Waals surface area contributed by atoms with Crippen molar-refractivity contribution in [2.24, 2.45) is 0 Å². The Balaban J connectivity index is 2.08. The number of aryl methyl sites for hydroxylation is 2. The Morgan fingerprint density at radius 1 is 1.06 bits per heavy atom. The molecular formula is C15H15BrClN. The quantitative estimate of drug-likeness (QED) is 0.804. The highest BCUT2D eigenvalue weighted by Gasteiger charge is 2.02. The average molecular weight is 325 g/mol. The first kappa shape index (κ1) is 13.4. The predicted octanol–water partition coefficient (Wildman–Crippen LogP) is 5.33. The van der Waals surface area contributed by atoms with E-state index in [4.69, 9.17) is 11.6 Å². The van der Waals surface area contributed by atoms with Gasteiger partial charge >= 0.3 is 0 Å². The Morgan fingerprint density at radius 2 is 1.61 bits per heavy atom. The zero-order valence-corrected chi connectivity index (χ0v) is 12.8. The van der Waals surface area contributed by atoms with Gasteiger partial charge < -0.3 is 5.32 Å². The zero-order valence-electron chi connectivity index (χ0n) is 10.4. The topological polar surface area (TPSA) is 12.0 Å². The molecule has 1 nitrogen and oxygen atoms in total. The number of anilines is 1. The molecule has 0 fully saturated rings. The van der Waals surface area contributed by atoms with Crippen LogP contribution in [0.2, 0.25) is 5.02 Å². The van der Waals surface area contributed by atoms with E-state index in [9.17, 15) is 0 Å². The van der Waals surface area contributed by atoms with Crippen molar-refractivity contribution in [3.05, 3.63) is 62.6 Å². The molecule has 18 heavy (non-hydrogen) atoms. The number of nitrogens with one attached hydrogen (secondary N) is 1. The molecule has 0 saturated heterocycles. The molecule has 0 atom stereocenters. The zero-order chi connectivity index (χ0) is 13.1. The fourth-order valence-electron chi connectivity index (χ4n) is 1.85. The van der Waals surface area contributed by atoms with E-state index >= 15 is 0 Å². The molecule has 0 aliphatic carbocycles. The fraction of sp³-hybridized carbons (Fsp3) is 0.200. The Labute approximate surface area is 121 Å². The Bertz CT molecular complexity index is 526. The molecule has 0 spiro atoms. The molecule has 2 rings (SSSR count). The maximum Gasteiger partial charge on any atom is 0.0406 e. The second kappa shape index (κ2) is 5.77. The van der Waals surface area contributed by atoms with Crippen molar-refractivity contribution >= 4 is 33.2 Å². The third kappa shape index (κ3) is 3.27. The van der Waals surface area contributed by atoms with Crippen LogP contribution >= 0.6 is 27.5 Å². The second-order valence-electron chi connectivity index (χ2n) is 4.40. The molecule has 0 radical (unpaired) electrons. The van der Waals surface area contributed by atoms with Crippen LogP contribution in [0.5, 0.6) is 0 Å². The first-order valence-corrected chi connectivity index (χ1v) is 6.98. The molecule has 1 N–H and O–H groups in total. The first-order valence-electron chi connectivity index (χ1n) is 5.81. The van der Waals surface area contributed by atoms with Crippen LogP contribution in [0.1, 0.15) is 16.7 Å². The van der Waals surface area contributed by atoms with Crippen molar-refractivity contribution < 1.29 is 0 Å². The summed E-state index contributed by atoms with van der Waals surface area (Å²) in [6.45, 7) is 5.01. The molecule has 0 unspecified atom stereocenters. The summed E-state index contributed by atoms with van der Waals surface area (Å²) < 4.78 is 1.18. The molecule has 0 aliphatic rings. The fourth-order valence-corrected chi connectivity index (χ4v) is 2.21. The number of hydrogen-bond acceptors (Lipinski definition) is 1. The van der Waals surface area contributed by atoms with Crippen LogP contribution in [0.25, 0.3) is 0 Å². The lowest BCUT2D eigenvalue weighted by Crippen LogP contribution is -2.00. The minimum Gasteiger partial charge on any atom is -0.381 e. The minimum absolute atomic E-state index is 0.772. The third-order valence-corrected chi connectivity index (χ3v) is 4.35. The van der Waals surface area contributed by atoms with E-state index in [1.54, 1.807) is 0 Å². The van der Waals surface area contributed by atoms with Gasteiger partial charge in [-0.1, -0.05) is 39.7 Å². The molecule has 0 aromatic heterocycles. The van der Waals surface area contributed by atoms with Crippen LogP contribution in [0.4, 0.5) is 5.69 Å². The molecule has 94 valence electrons. The highest BCUT2D eigenvalue weighted by molar-refractivity contribution is 9.10. The molecule has 0 amide bonds. The SMILES string of the molecule is Cc1cc(NCc2ccc(Cl)cc2)cc(C)c1Br. The smallest absolute Gasteiger partial charge is 0.0406 e. The van der Waals surface area contributed by atoms with Gasteiger partial charge in [-0.3, -0.25) is 0 Å². The lowest BCUT2D eigenvalue weighted by molar-refractivity contribution is 1.14. The van der Waals surface area contributed by atoms with Gasteiger partial charge in [0.25, 0.3) is 0 Å². The summed E-state index contributed by atoms with van der Waals surface area (Å²) >= 11 is 9.44. The van der Waals surface area contributed by atoms with Gasteiger partial charge in [-0.2, -0.15) is 0 Å². The summed E-state index contributed by atoms with van der Waals surface area (Å²) in [5, 5.41) is 4.20. The number of benzene rings is 2. The van der Waals surface area contributed by atoms with Crippen molar-refractivity contribution in [3.8, 4) is 0 Å². The van der Waals surface area contributed by atoms with Crippen molar-refractivity contribution in [2.75, 3.05) is 5.32 Å². The van der Waals surface area contributed by atoms with Crippen molar-refractivity contribution in [1.29, 1.82) is 0 Å². The molecule has 2 aromatic rings. The van der Waals surface area contributed by atoms with Crippen LogP contribution in [-0.2, 0) is 6.54 Å². The largest absolute Gasteiger partial charge is 0.381 e. The third-order valence-electron chi connectivity index (χ3n) is 2.85. The van der Waals surface area contributed by atoms with Crippen LogP contribution in [-0.4, -0.2) is 0 Å². The molecule has 0 heterocycles. The number of hydrogen-bond donors (Lipinski definition) is 1. The van der Waals surface area contributed by atoms with Gasteiger partial charge in [0.1, 0.15) is 0 Å². The number of rotatable bonds is 3. The monoisotopic (exact) mass is 323 g/mol. The highest BCUT2D eigenvalue weighted by atomic mass is 79.9. The van der Waals surface area contributed by atoms with Gasteiger partial charge in [0.05, 0.1) is 0 Å². The maximum atomic E-state index is 5.86. The summed E-state index contributed by atoms with van der Waals surface area (Å²) in [7, 11) is 0. The van der Waals surface area contributed by atoms with Crippen LogP contribution in [0.3, 0.4) is 0 Å². The minimum atomic E-state index is 0.772. The molecule has 0 saturated carbocycles. The van der Waals surface area contributed by atoms with E-state index in [-0.39, 0.29) is 0 Å². The van der Waals surface area contributed by atoms with E-state index < -0.39 is 0 Å². The summed E-state index contributed by atoms with van der Waals surface area (Å²) in [5.74, 6) is 0. The second-order valence-corrected chi connectivity index (χ2v) is 5.63. The van der Waals surface area contributed by atoms with E-state index in [2.05, 4.69) is 47.2 Å². The molecule has 0 aliphatic heterocycles. The van der Waals surface area contributed by atoms with Gasteiger partial charge in [0.2, 0.25) is 0 Å². The summed E-state index contributed by atoms with van der Waals surface area (Å²) in [4.78, 5) is 0. The highest BCUT2D eigenvalue weighted by Crippen LogP contribution is 2.25. The average Bonchev–Trinajstić information content (AvgIpc) is 2.35. The molecule has 0 bridgehead atoms. The van der Waals surface area contributed by atoms with Crippen molar-refractivity contribution in [3.63, 3.8) is 0 Å². The standard InChI is InChI=1S/C15H15BrClN/c1-10-7-14(8-11(2)15(10)16)18-9-12-3-5-13(17)6-4-12/h3-8,18H,9H2,1-2H3. The van der Waals surface area contributed by atoms with Gasteiger partial charge in [0.15, 0.2) is 0 Å². The van der Waals surface area contributed by atoms with Gasteiger partial charge in [-0.25, -0.2) is 0 Å². The van der Waals surface area contributed by atoms with Crippen molar-refractivity contribution in [1.82, 2.24) is 0 Å². The van der Waals surface area contributed by atoms with E-state index in [0.29, 0.717) is 0 Å². The maximum absolute atomic E-state index is 5.86. The van der Waals surface area contributed by atoms with Gasteiger partial charge in [-0.15, -0.1) is 0 Å². The number of halogens is 2. The Kier molecular flexibility index (Phi) is 4.31. The Morgan fingerprint density at radius 3 is 2.17 bits per heavy atom. The lowest BCUT2D eigenvalue weighted by atomic mass is 10.1.